The van der Waals surface area contributed by atoms with Crippen molar-refractivity contribution in [1.29, 1.82) is 0 Å². The third kappa shape index (κ3) is 5.29. The first kappa shape index (κ1) is 16.1. The summed E-state index contributed by atoms with van der Waals surface area (Å²) in [7, 11) is 0. The molecule has 1 heterocycles. The predicted octanol–water partition coefficient (Wildman–Crippen LogP) is 4.50. The Balaban J connectivity index is 0.00000180. The van der Waals surface area contributed by atoms with Crippen molar-refractivity contribution in [2.45, 2.75) is 19.3 Å². The first-order chi connectivity index (χ1) is 8.90. The highest BCUT2D eigenvalue weighted by Gasteiger charge is 2.14. The van der Waals surface area contributed by atoms with E-state index in [9.17, 15) is 0 Å². The molecule has 19 heavy (non-hydrogen) atoms. The van der Waals surface area contributed by atoms with Crippen molar-refractivity contribution in [1.82, 2.24) is 4.90 Å². The number of hydrogen-bond acceptors (Lipinski definition) is 2. The molecule has 1 aromatic rings. The van der Waals surface area contributed by atoms with Crippen molar-refractivity contribution >= 4 is 35.0 Å². The first-order valence-electron chi connectivity index (χ1n) is 6.52. The van der Waals surface area contributed by atoms with E-state index in [0.717, 1.165) is 29.7 Å². The van der Waals surface area contributed by atoms with Crippen LogP contribution in [0.3, 0.4) is 0 Å². The van der Waals surface area contributed by atoms with Gasteiger partial charge in [-0.3, -0.25) is 0 Å². The fraction of sp³-hybridized carbons (Fsp3) is 0.400. The lowest BCUT2D eigenvalue weighted by molar-refractivity contribution is 0.348. The lowest BCUT2D eigenvalue weighted by atomic mass is 10.1. The molecule has 1 aromatic carbocycles. The Morgan fingerprint density at radius 2 is 1.89 bits per heavy atom. The van der Waals surface area contributed by atoms with Crippen LogP contribution in [0.5, 0.6) is 0 Å². The van der Waals surface area contributed by atoms with E-state index in [1.165, 1.54) is 19.3 Å². The highest BCUT2D eigenvalue weighted by molar-refractivity contribution is 8.13. The van der Waals surface area contributed by atoms with Gasteiger partial charge in [0.25, 0.3) is 0 Å². The van der Waals surface area contributed by atoms with Gasteiger partial charge in [-0.25, -0.2) is 4.99 Å². The summed E-state index contributed by atoms with van der Waals surface area (Å²) in [5, 5.41) is 1.14. The SMILES string of the molecule is C=CCSC(=Nc1ccccc1)N1CCCCC1.Cl. The second-order valence-corrected chi connectivity index (χ2v) is 5.36. The fourth-order valence-electron chi connectivity index (χ4n) is 2.03. The molecule has 0 aromatic heterocycles. The molecule has 2 nitrogen and oxygen atoms in total. The Bertz CT molecular complexity index is 400. The molecule has 0 spiro atoms. The van der Waals surface area contributed by atoms with Gasteiger partial charge in [0.15, 0.2) is 5.17 Å². The van der Waals surface area contributed by atoms with Crippen LogP contribution in [0.2, 0.25) is 0 Å². The van der Waals surface area contributed by atoms with Crippen molar-refractivity contribution in [3.05, 3.63) is 43.0 Å². The maximum atomic E-state index is 4.78. The number of nitrogens with zero attached hydrogens (tertiary/aromatic N) is 2. The summed E-state index contributed by atoms with van der Waals surface area (Å²) in [6.45, 7) is 6.06. The van der Waals surface area contributed by atoms with Crippen molar-refractivity contribution in [3.63, 3.8) is 0 Å². The number of hydrogen-bond donors (Lipinski definition) is 0. The third-order valence-corrected chi connectivity index (χ3v) is 3.95. The number of rotatable bonds is 3. The molecule has 0 atom stereocenters. The van der Waals surface area contributed by atoms with Crippen LogP contribution in [0.1, 0.15) is 19.3 Å². The zero-order valence-electron chi connectivity index (χ0n) is 11.1. The number of thioether (sulfide) groups is 1. The van der Waals surface area contributed by atoms with Gasteiger partial charge < -0.3 is 4.90 Å². The molecular weight excluding hydrogens is 276 g/mol. The van der Waals surface area contributed by atoms with Crippen molar-refractivity contribution in [2.75, 3.05) is 18.8 Å². The molecule has 4 heteroatoms. The summed E-state index contributed by atoms with van der Waals surface area (Å²) in [5.41, 5.74) is 1.04. The van der Waals surface area contributed by atoms with Crippen LogP contribution in [0.4, 0.5) is 5.69 Å². The number of aliphatic imine (C=N–C) groups is 1. The number of amidine groups is 1. The molecule has 0 radical (unpaired) electrons. The van der Waals surface area contributed by atoms with E-state index in [1.54, 1.807) is 11.8 Å². The van der Waals surface area contributed by atoms with Gasteiger partial charge in [0.05, 0.1) is 5.69 Å². The fourth-order valence-corrected chi connectivity index (χ4v) is 2.83. The van der Waals surface area contributed by atoms with Crippen LogP contribution in [0, 0.1) is 0 Å². The molecule has 0 aliphatic carbocycles. The van der Waals surface area contributed by atoms with Crippen LogP contribution in [-0.4, -0.2) is 28.9 Å². The van der Waals surface area contributed by atoms with E-state index in [1.807, 2.05) is 24.3 Å². The maximum Gasteiger partial charge on any atom is 0.164 e. The molecule has 2 rings (SSSR count). The lowest BCUT2D eigenvalue weighted by Crippen LogP contribution is -2.34. The Kier molecular flexibility index (Phi) is 7.68. The first-order valence-corrected chi connectivity index (χ1v) is 7.51. The minimum Gasteiger partial charge on any atom is -0.351 e. The Hall–Kier alpha value is -0.930. The normalized spacial score (nSPS) is 15.8. The van der Waals surface area contributed by atoms with Gasteiger partial charge in [-0.1, -0.05) is 36.0 Å². The molecule has 104 valence electrons. The molecular formula is C15H21ClN2S. The number of halogens is 1. The molecule has 1 aliphatic rings. The van der Waals surface area contributed by atoms with E-state index in [0.29, 0.717) is 0 Å². The van der Waals surface area contributed by atoms with Crippen molar-refractivity contribution in [2.24, 2.45) is 4.99 Å². The van der Waals surface area contributed by atoms with E-state index >= 15 is 0 Å². The number of para-hydroxylation sites is 1. The summed E-state index contributed by atoms with van der Waals surface area (Å²) in [4.78, 5) is 7.18. The monoisotopic (exact) mass is 296 g/mol. The highest BCUT2D eigenvalue weighted by atomic mass is 35.5. The van der Waals surface area contributed by atoms with E-state index in [4.69, 9.17) is 4.99 Å². The van der Waals surface area contributed by atoms with Gasteiger partial charge in [-0.05, 0) is 31.4 Å². The standard InChI is InChI=1S/C15H20N2S.ClH/c1-2-13-18-15(17-11-7-4-8-12-17)16-14-9-5-3-6-10-14;/h2-3,5-6,9-10H,1,4,7-8,11-13H2;1H. The Labute approximate surface area is 126 Å². The van der Waals surface area contributed by atoms with E-state index < -0.39 is 0 Å². The molecule has 0 N–H and O–H groups in total. The second kappa shape index (κ2) is 9.05. The van der Waals surface area contributed by atoms with Crippen LogP contribution in [0.15, 0.2) is 48.0 Å². The number of likely N-dealkylation sites (tertiary alicyclic amines) is 1. The molecule has 0 saturated carbocycles. The maximum absolute atomic E-state index is 4.78. The van der Waals surface area contributed by atoms with Crippen molar-refractivity contribution < 1.29 is 0 Å². The average Bonchev–Trinajstić information content (AvgIpc) is 2.45. The molecule has 1 fully saturated rings. The average molecular weight is 297 g/mol. The third-order valence-electron chi connectivity index (χ3n) is 2.94. The lowest BCUT2D eigenvalue weighted by Gasteiger charge is -2.29. The highest BCUT2D eigenvalue weighted by Crippen LogP contribution is 2.20. The summed E-state index contributed by atoms with van der Waals surface area (Å²) < 4.78 is 0. The molecule has 0 bridgehead atoms. The quantitative estimate of drug-likeness (QED) is 0.463. The van der Waals surface area contributed by atoms with Crippen LogP contribution >= 0.6 is 24.2 Å². The molecule has 1 saturated heterocycles. The van der Waals surface area contributed by atoms with Crippen LogP contribution in [0.25, 0.3) is 0 Å². The topological polar surface area (TPSA) is 15.6 Å². The smallest absolute Gasteiger partial charge is 0.164 e. The summed E-state index contributed by atoms with van der Waals surface area (Å²) in [6, 6.07) is 10.2. The summed E-state index contributed by atoms with van der Waals surface area (Å²) in [6.07, 6.45) is 5.85. The van der Waals surface area contributed by atoms with Crippen LogP contribution in [-0.2, 0) is 0 Å². The van der Waals surface area contributed by atoms with Gasteiger partial charge in [0.2, 0.25) is 0 Å². The summed E-state index contributed by atoms with van der Waals surface area (Å²) in [5.74, 6) is 0.919. The predicted molar refractivity (Wildman–Crippen MR) is 88.9 cm³/mol. The largest absolute Gasteiger partial charge is 0.351 e. The summed E-state index contributed by atoms with van der Waals surface area (Å²) >= 11 is 1.78. The molecule has 0 unspecified atom stereocenters. The van der Waals surface area contributed by atoms with Gasteiger partial charge >= 0.3 is 0 Å². The Morgan fingerprint density at radius 3 is 2.53 bits per heavy atom. The van der Waals surface area contributed by atoms with Gasteiger partial charge in [0.1, 0.15) is 0 Å². The minimum atomic E-state index is 0. The Morgan fingerprint density at radius 1 is 1.21 bits per heavy atom. The van der Waals surface area contributed by atoms with Crippen LogP contribution < -0.4 is 0 Å². The molecule has 1 aliphatic heterocycles. The molecule has 0 amide bonds. The zero-order chi connectivity index (χ0) is 12.6. The zero-order valence-corrected chi connectivity index (χ0v) is 12.8. The van der Waals surface area contributed by atoms with E-state index in [-0.39, 0.29) is 12.4 Å². The second-order valence-electron chi connectivity index (χ2n) is 4.38. The van der Waals surface area contributed by atoms with Gasteiger partial charge in [-0.2, -0.15) is 0 Å². The van der Waals surface area contributed by atoms with Gasteiger partial charge in [0, 0.05) is 18.8 Å². The van der Waals surface area contributed by atoms with Crippen molar-refractivity contribution in [3.8, 4) is 0 Å². The van der Waals surface area contributed by atoms with Gasteiger partial charge in [-0.15, -0.1) is 19.0 Å². The minimum absolute atomic E-state index is 0. The van der Waals surface area contributed by atoms with E-state index in [2.05, 4.69) is 23.6 Å². The number of piperidine rings is 1. The number of benzene rings is 1.